The van der Waals surface area contributed by atoms with Crippen molar-refractivity contribution >= 4 is 40.5 Å². The van der Waals surface area contributed by atoms with E-state index in [9.17, 15) is 4.79 Å². The van der Waals surface area contributed by atoms with E-state index >= 15 is 0 Å². The van der Waals surface area contributed by atoms with Crippen LogP contribution in [-0.4, -0.2) is 61.5 Å². The fourth-order valence-corrected chi connectivity index (χ4v) is 2.91. The first kappa shape index (κ1) is 17.1. The van der Waals surface area contributed by atoms with Crippen molar-refractivity contribution < 1.29 is 14.3 Å². The molecule has 0 aromatic heterocycles. The number of rotatable bonds is 2. The van der Waals surface area contributed by atoms with Crippen LogP contribution in [-0.2, 0) is 14.3 Å². The normalized spacial score (nSPS) is 24.5. The molecule has 0 saturated carbocycles. The molecule has 0 spiro atoms. The lowest BCUT2D eigenvalue weighted by atomic mass is 10.1. The number of hydrogen-bond donors (Lipinski definition) is 0. The minimum atomic E-state index is -0.290. The van der Waals surface area contributed by atoms with Gasteiger partial charge in [0, 0.05) is 11.4 Å². The zero-order chi connectivity index (χ0) is 15.9. The van der Waals surface area contributed by atoms with Gasteiger partial charge < -0.3 is 14.4 Å². The van der Waals surface area contributed by atoms with E-state index in [2.05, 4.69) is 16.6 Å². The van der Waals surface area contributed by atoms with Gasteiger partial charge in [0.2, 0.25) is 5.29 Å². The van der Waals surface area contributed by atoms with Gasteiger partial charge in [0.15, 0.2) is 0 Å². The Labute approximate surface area is 138 Å². The van der Waals surface area contributed by atoms with Crippen molar-refractivity contribution in [3.05, 3.63) is 23.0 Å². The van der Waals surface area contributed by atoms with Gasteiger partial charge in [-0.3, -0.25) is 9.79 Å². The van der Waals surface area contributed by atoms with Crippen LogP contribution in [0.5, 0.6) is 0 Å². The zero-order valence-electron chi connectivity index (χ0n) is 12.3. The van der Waals surface area contributed by atoms with Gasteiger partial charge in [0.05, 0.1) is 39.3 Å². The quantitative estimate of drug-likeness (QED) is 0.567. The first-order chi connectivity index (χ1) is 10.6. The molecule has 1 unspecified atom stereocenters. The molecular formula is C14H18ClN3O3S. The van der Waals surface area contributed by atoms with Crippen LogP contribution in [0.3, 0.4) is 0 Å². The summed E-state index contributed by atoms with van der Waals surface area (Å²) in [5.74, 6) is 0.338. The number of carbonyl (C=O) groups is 1. The van der Waals surface area contributed by atoms with Gasteiger partial charge in [-0.2, -0.15) is 4.99 Å². The Kier molecular flexibility index (Phi) is 6.48. The third-order valence-corrected chi connectivity index (χ3v) is 4.21. The number of esters is 1. The van der Waals surface area contributed by atoms with Gasteiger partial charge in [0.1, 0.15) is 5.84 Å². The number of morpholine rings is 1. The highest BCUT2D eigenvalue weighted by Crippen LogP contribution is 2.24. The summed E-state index contributed by atoms with van der Waals surface area (Å²) < 4.78 is 10.2. The van der Waals surface area contributed by atoms with Crippen LogP contribution in [0.25, 0.3) is 0 Å². The van der Waals surface area contributed by atoms with Gasteiger partial charge in [-0.25, -0.2) is 0 Å². The van der Waals surface area contributed by atoms with E-state index in [0.717, 1.165) is 4.91 Å². The lowest BCUT2D eigenvalue weighted by Gasteiger charge is -2.37. The van der Waals surface area contributed by atoms with E-state index < -0.39 is 0 Å². The molecule has 2 aliphatic heterocycles. The second kappa shape index (κ2) is 8.36. The molecule has 1 fully saturated rings. The molecule has 0 bridgehead atoms. The van der Waals surface area contributed by atoms with Crippen molar-refractivity contribution in [1.82, 2.24) is 4.90 Å². The Hall–Kier alpha value is -1.31. The van der Waals surface area contributed by atoms with Crippen LogP contribution in [0, 0.1) is 0 Å². The highest BCUT2D eigenvalue weighted by atomic mass is 35.5. The SMILES string of the molecule is C=C1S/C=C\CN=C(Cl)N=C1N1CCOCC1CC(=O)OC. The van der Waals surface area contributed by atoms with Crippen molar-refractivity contribution in [2.24, 2.45) is 9.98 Å². The molecule has 2 rings (SSSR count). The monoisotopic (exact) mass is 343 g/mol. The van der Waals surface area contributed by atoms with E-state index in [1.807, 2.05) is 16.4 Å². The lowest BCUT2D eigenvalue weighted by molar-refractivity contribution is -0.142. The molecule has 6 nitrogen and oxygen atoms in total. The molecule has 0 aromatic rings. The molecule has 0 N–H and O–H groups in total. The van der Waals surface area contributed by atoms with Crippen LogP contribution in [0.1, 0.15) is 6.42 Å². The molecule has 1 atom stereocenters. The maximum Gasteiger partial charge on any atom is 0.307 e. The number of halogens is 1. The van der Waals surface area contributed by atoms with Crippen LogP contribution in [0.2, 0.25) is 0 Å². The topological polar surface area (TPSA) is 63.5 Å². The van der Waals surface area contributed by atoms with Gasteiger partial charge in [-0.05, 0) is 17.0 Å². The maximum atomic E-state index is 11.6. The second-order valence-corrected chi connectivity index (χ2v) is 6.00. The van der Waals surface area contributed by atoms with Crippen LogP contribution < -0.4 is 0 Å². The summed E-state index contributed by atoms with van der Waals surface area (Å²) in [6.45, 7) is 6.11. The molecule has 0 amide bonds. The van der Waals surface area contributed by atoms with E-state index in [1.165, 1.54) is 18.9 Å². The van der Waals surface area contributed by atoms with Crippen molar-refractivity contribution in [2.45, 2.75) is 12.5 Å². The van der Waals surface area contributed by atoms with Gasteiger partial charge in [0.25, 0.3) is 0 Å². The fourth-order valence-electron chi connectivity index (χ4n) is 2.14. The Morgan fingerprint density at radius 2 is 2.50 bits per heavy atom. The summed E-state index contributed by atoms with van der Waals surface area (Å²) in [5, 5.41) is 2.08. The Balaban J connectivity index is 2.26. The van der Waals surface area contributed by atoms with Crippen molar-refractivity contribution in [2.75, 3.05) is 33.4 Å². The molecule has 8 heteroatoms. The number of nitrogens with zero attached hydrogens (tertiary/aromatic N) is 3. The zero-order valence-corrected chi connectivity index (χ0v) is 13.9. The second-order valence-electron chi connectivity index (χ2n) is 4.66. The van der Waals surface area contributed by atoms with Crippen LogP contribution in [0.15, 0.2) is 33.0 Å². The van der Waals surface area contributed by atoms with Crippen molar-refractivity contribution in [3.63, 3.8) is 0 Å². The minimum absolute atomic E-state index is 0.161. The van der Waals surface area contributed by atoms with E-state index in [4.69, 9.17) is 21.1 Å². The van der Waals surface area contributed by atoms with Crippen molar-refractivity contribution in [3.8, 4) is 0 Å². The summed E-state index contributed by atoms with van der Waals surface area (Å²) in [5.41, 5.74) is 0. The molecule has 120 valence electrons. The third-order valence-electron chi connectivity index (χ3n) is 3.21. The Morgan fingerprint density at radius 3 is 3.27 bits per heavy atom. The van der Waals surface area contributed by atoms with E-state index in [0.29, 0.717) is 32.1 Å². The summed E-state index contributed by atoms with van der Waals surface area (Å²) in [4.78, 5) is 22.8. The molecule has 0 radical (unpaired) electrons. The average molecular weight is 344 g/mol. The van der Waals surface area contributed by atoms with E-state index in [1.54, 1.807) is 0 Å². The number of methoxy groups -OCH3 is 1. The molecular weight excluding hydrogens is 326 g/mol. The predicted molar refractivity (Wildman–Crippen MR) is 89.4 cm³/mol. The van der Waals surface area contributed by atoms with Gasteiger partial charge in [-0.15, -0.1) is 0 Å². The third kappa shape index (κ3) is 4.59. The molecule has 1 saturated heterocycles. The Bertz CT molecular complexity index is 533. The number of carbonyl (C=O) groups excluding carboxylic acids is 1. The minimum Gasteiger partial charge on any atom is -0.469 e. The first-order valence-corrected chi connectivity index (χ1v) is 8.08. The highest BCUT2D eigenvalue weighted by molar-refractivity contribution is 8.06. The number of thioether (sulfide) groups is 1. The molecule has 0 aromatic carbocycles. The van der Waals surface area contributed by atoms with Gasteiger partial charge in [-0.1, -0.05) is 24.4 Å². The molecule has 2 heterocycles. The summed E-state index contributed by atoms with van der Waals surface area (Å²) in [7, 11) is 1.37. The largest absolute Gasteiger partial charge is 0.469 e. The number of amidine groups is 2. The lowest BCUT2D eigenvalue weighted by Crippen LogP contribution is -2.50. The smallest absolute Gasteiger partial charge is 0.307 e. The molecule has 2 aliphatic rings. The summed E-state index contributed by atoms with van der Waals surface area (Å²) in [6, 6.07) is -0.161. The van der Waals surface area contributed by atoms with E-state index in [-0.39, 0.29) is 23.7 Å². The van der Waals surface area contributed by atoms with Crippen LogP contribution >= 0.6 is 23.4 Å². The first-order valence-electron chi connectivity index (χ1n) is 6.82. The standard InChI is InChI=1S/C14H18ClN3O3S/c1-10-13(17-14(15)16-4-3-7-22-10)18-5-6-21-9-11(18)8-12(19)20-2/h3,7,11H,1,4-6,8-9H2,2H3/b7-3-,16-14?,17-13?. The highest BCUT2D eigenvalue weighted by Gasteiger charge is 2.29. The van der Waals surface area contributed by atoms with Crippen molar-refractivity contribution in [1.29, 1.82) is 0 Å². The number of aliphatic imine (C=N–C) groups is 2. The predicted octanol–water partition coefficient (Wildman–Crippen LogP) is 2.02. The number of hydrogen-bond acceptors (Lipinski definition) is 7. The number of ether oxygens (including phenoxy) is 2. The van der Waals surface area contributed by atoms with Crippen LogP contribution in [0.4, 0.5) is 0 Å². The summed E-state index contributed by atoms with van der Waals surface area (Å²) >= 11 is 7.51. The average Bonchev–Trinajstić information content (AvgIpc) is 2.59. The molecule has 0 aliphatic carbocycles. The fraction of sp³-hybridized carbons (Fsp3) is 0.500. The summed E-state index contributed by atoms with van der Waals surface area (Å²) in [6.07, 6.45) is 2.11. The Morgan fingerprint density at radius 1 is 1.68 bits per heavy atom. The van der Waals surface area contributed by atoms with Gasteiger partial charge >= 0.3 is 5.97 Å². The molecule has 22 heavy (non-hydrogen) atoms. The maximum absolute atomic E-state index is 11.6.